The smallest absolute Gasteiger partial charge is 0.306 e. The number of pyridine rings is 1. The van der Waals surface area contributed by atoms with Gasteiger partial charge in [0, 0.05) is 24.4 Å². The lowest BCUT2D eigenvalue weighted by molar-refractivity contribution is -0.145. The predicted molar refractivity (Wildman–Crippen MR) is 112 cm³/mol. The van der Waals surface area contributed by atoms with E-state index in [9.17, 15) is 4.79 Å². The van der Waals surface area contributed by atoms with E-state index in [4.69, 9.17) is 4.74 Å². The van der Waals surface area contributed by atoms with Crippen molar-refractivity contribution in [3.05, 3.63) is 48.0 Å². The molecule has 0 bridgehead atoms. The zero-order valence-corrected chi connectivity index (χ0v) is 17.1. The molecule has 3 nitrogen and oxygen atoms in total. The number of hydrogen-bond donors (Lipinski definition) is 0. The summed E-state index contributed by atoms with van der Waals surface area (Å²) in [6, 6.07) is 3.77. The third-order valence-corrected chi connectivity index (χ3v) is 4.52. The van der Waals surface area contributed by atoms with Crippen LogP contribution in [0.2, 0.25) is 0 Å². The fourth-order valence-electron chi connectivity index (χ4n) is 2.87. The molecule has 3 heteroatoms. The molecule has 0 spiro atoms. The number of carbonyl (C=O) groups is 1. The first-order chi connectivity index (χ1) is 13.3. The van der Waals surface area contributed by atoms with Crippen LogP contribution in [0.15, 0.2) is 42.4 Å². The van der Waals surface area contributed by atoms with Gasteiger partial charge in [-0.2, -0.15) is 0 Å². The van der Waals surface area contributed by atoms with Gasteiger partial charge in [0.25, 0.3) is 0 Å². The number of allylic oxidation sites excluding steroid dienone is 1. The fourth-order valence-corrected chi connectivity index (χ4v) is 2.87. The molecule has 0 radical (unpaired) electrons. The Morgan fingerprint density at radius 3 is 2.33 bits per heavy atom. The summed E-state index contributed by atoms with van der Waals surface area (Å²) >= 11 is 0. The van der Waals surface area contributed by atoms with Gasteiger partial charge < -0.3 is 4.74 Å². The maximum Gasteiger partial charge on any atom is 0.306 e. The summed E-state index contributed by atoms with van der Waals surface area (Å²) in [6.07, 6.45) is 23.0. The van der Waals surface area contributed by atoms with E-state index in [1.807, 2.05) is 12.1 Å². The molecular formula is C24H37NO2. The highest BCUT2D eigenvalue weighted by atomic mass is 16.5. The van der Waals surface area contributed by atoms with E-state index in [1.165, 1.54) is 51.4 Å². The average Bonchev–Trinajstić information content (AvgIpc) is 2.70. The van der Waals surface area contributed by atoms with Crippen LogP contribution in [0.1, 0.15) is 96.0 Å². The van der Waals surface area contributed by atoms with Crippen molar-refractivity contribution in [2.24, 2.45) is 0 Å². The van der Waals surface area contributed by atoms with Crippen LogP contribution in [0.25, 0.3) is 0 Å². The normalized spacial score (nSPS) is 10.3. The van der Waals surface area contributed by atoms with E-state index >= 15 is 0 Å². The number of rotatable bonds is 16. The number of carbonyl (C=O) groups excluding carboxylic acids is 1. The van der Waals surface area contributed by atoms with Gasteiger partial charge in [-0.15, -0.1) is 5.73 Å². The second-order valence-corrected chi connectivity index (χ2v) is 7.11. The minimum absolute atomic E-state index is 0.0996. The predicted octanol–water partition coefficient (Wildman–Crippen LogP) is 6.93. The van der Waals surface area contributed by atoms with Crippen molar-refractivity contribution in [3.63, 3.8) is 0 Å². The van der Waals surface area contributed by atoms with Crippen molar-refractivity contribution < 1.29 is 9.53 Å². The zero-order valence-electron chi connectivity index (χ0n) is 17.1. The number of esters is 1. The summed E-state index contributed by atoms with van der Waals surface area (Å²) in [5.74, 6) is -0.0996. The molecule has 1 heterocycles. The number of hydrogen-bond acceptors (Lipinski definition) is 3. The summed E-state index contributed by atoms with van der Waals surface area (Å²) in [4.78, 5) is 15.7. The highest BCUT2D eigenvalue weighted by molar-refractivity contribution is 5.69. The quantitative estimate of drug-likeness (QED) is 0.180. The van der Waals surface area contributed by atoms with Crippen molar-refractivity contribution in [1.82, 2.24) is 4.98 Å². The maximum absolute atomic E-state index is 11.7. The molecule has 150 valence electrons. The van der Waals surface area contributed by atoms with Crippen molar-refractivity contribution in [3.8, 4) is 0 Å². The molecular weight excluding hydrogens is 334 g/mol. The zero-order chi connectivity index (χ0) is 19.4. The third-order valence-electron chi connectivity index (χ3n) is 4.52. The van der Waals surface area contributed by atoms with Gasteiger partial charge in [-0.1, -0.05) is 64.4 Å². The van der Waals surface area contributed by atoms with Gasteiger partial charge in [0.1, 0.15) is 6.61 Å². The van der Waals surface area contributed by atoms with Crippen LogP contribution >= 0.6 is 0 Å². The van der Waals surface area contributed by atoms with Crippen molar-refractivity contribution >= 4 is 5.97 Å². The van der Waals surface area contributed by atoms with Crippen LogP contribution in [0.4, 0.5) is 0 Å². The topological polar surface area (TPSA) is 39.2 Å². The Morgan fingerprint density at radius 1 is 1.00 bits per heavy atom. The van der Waals surface area contributed by atoms with Gasteiger partial charge in [0.05, 0.1) is 0 Å². The van der Waals surface area contributed by atoms with Crippen molar-refractivity contribution in [2.75, 3.05) is 0 Å². The summed E-state index contributed by atoms with van der Waals surface area (Å²) in [7, 11) is 0. The monoisotopic (exact) mass is 371 g/mol. The third kappa shape index (κ3) is 14.9. The van der Waals surface area contributed by atoms with Gasteiger partial charge in [0.2, 0.25) is 0 Å². The minimum Gasteiger partial charge on any atom is -0.461 e. The van der Waals surface area contributed by atoms with E-state index in [2.05, 4.69) is 29.8 Å². The van der Waals surface area contributed by atoms with Crippen LogP contribution in [-0.4, -0.2) is 11.0 Å². The average molecular weight is 372 g/mol. The van der Waals surface area contributed by atoms with E-state index in [1.54, 1.807) is 12.4 Å². The van der Waals surface area contributed by atoms with Crippen LogP contribution < -0.4 is 0 Å². The standard InChI is InChI=1S/C24H37NO2/c1-2-3-4-5-6-7-8-9-10-11-12-13-14-15-16-19-24(26)27-22-23-18-17-20-25-21-23/h4,6,17-18,20-21H,2-3,7-16,19,22H2,1H3. The molecule has 0 fully saturated rings. The van der Waals surface area contributed by atoms with E-state index in [0.717, 1.165) is 31.2 Å². The molecule has 0 saturated heterocycles. The summed E-state index contributed by atoms with van der Waals surface area (Å²) < 4.78 is 5.26. The number of ether oxygens (including phenoxy) is 1. The summed E-state index contributed by atoms with van der Waals surface area (Å²) in [5, 5.41) is 0. The minimum atomic E-state index is -0.0996. The lowest BCUT2D eigenvalue weighted by atomic mass is 10.1. The molecule has 0 N–H and O–H groups in total. The Labute approximate surface area is 165 Å². The van der Waals surface area contributed by atoms with Gasteiger partial charge in [-0.05, 0) is 43.9 Å². The van der Waals surface area contributed by atoms with Crippen LogP contribution in [-0.2, 0) is 16.1 Å². The molecule has 0 aromatic carbocycles. The fraction of sp³-hybridized carbons (Fsp3) is 0.625. The Bertz CT molecular complexity index is 533. The molecule has 1 aromatic heterocycles. The molecule has 0 saturated carbocycles. The van der Waals surface area contributed by atoms with Gasteiger partial charge >= 0.3 is 5.97 Å². The lowest BCUT2D eigenvalue weighted by Crippen LogP contribution is -2.04. The molecule has 0 atom stereocenters. The van der Waals surface area contributed by atoms with Crippen LogP contribution in [0, 0.1) is 0 Å². The second-order valence-electron chi connectivity index (χ2n) is 7.11. The Hall–Kier alpha value is -1.86. The van der Waals surface area contributed by atoms with E-state index in [0.29, 0.717) is 13.0 Å². The molecule has 0 aliphatic heterocycles. The SMILES string of the molecule is CCCC=C=CCCCCCCCCCCCC(=O)OCc1cccnc1. The van der Waals surface area contributed by atoms with E-state index < -0.39 is 0 Å². The number of unbranched alkanes of at least 4 members (excludes halogenated alkanes) is 10. The van der Waals surface area contributed by atoms with E-state index in [-0.39, 0.29) is 5.97 Å². The molecule has 27 heavy (non-hydrogen) atoms. The van der Waals surface area contributed by atoms with Crippen molar-refractivity contribution in [1.29, 1.82) is 0 Å². The lowest BCUT2D eigenvalue weighted by Gasteiger charge is -2.05. The largest absolute Gasteiger partial charge is 0.461 e. The maximum atomic E-state index is 11.7. The summed E-state index contributed by atoms with van der Waals surface area (Å²) in [6.45, 7) is 2.52. The van der Waals surface area contributed by atoms with Gasteiger partial charge in [-0.25, -0.2) is 0 Å². The first-order valence-electron chi connectivity index (χ1n) is 10.8. The van der Waals surface area contributed by atoms with Gasteiger partial charge in [-0.3, -0.25) is 9.78 Å². The first-order valence-corrected chi connectivity index (χ1v) is 10.8. The Kier molecular flexibility index (Phi) is 15.1. The molecule has 1 aromatic rings. The molecule has 0 amide bonds. The summed E-state index contributed by atoms with van der Waals surface area (Å²) in [5.41, 5.74) is 4.20. The number of nitrogens with zero attached hydrogens (tertiary/aromatic N) is 1. The van der Waals surface area contributed by atoms with Crippen molar-refractivity contribution in [2.45, 2.75) is 97.0 Å². The van der Waals surface area contributed by atoms with Crippen LogP contribution in [0.5, 0.6) is 0 Å². The Morgan fingerprint density at radius 2 is 1.67 bits per heavy atom. The second kappa shape index (κ2) is 17.5. The molecule has 0 aliphatic carbocycles. The highest BCUT2D eigenvalue weighted by Gasteiger charge is 2.03. The molecule has 1 rings (SSSR count). The highest BCUT2D eigenvalue weighted by Crippen LogP contribution is 2.12. The van der Waals surface area contributed by atoms with Crippen LogP contribution in [0.3, 0.4) is 0 Å². The molecule has 0 unspecified atom stereocenters. The first kappa shape index (κ1) is 23.2. The molecule has 0 aliphatic rings. The number of aromatic nitrogens is 1. The Balaban J connectivity index is 1.82. The van der Waals surface area contributed by atoms with Gasteiger partial charge in [0.15, 0.2) is 0 Å².